The Bertz CT molecular complexity index is 505. The summed E-state index contributed by atoms with van der Waals surface area (Å²) in [6.07, 6.45) is 2.43. The van der Waals surface area contributed by atoms with Gasteiger partial charge in [0.2, 0.25) is 11.8 Å². The molecule has 3 rings (SSSR count). The summed E-state index contributed by atoms with van der Waals surface area (Å²) in [4.78, 5) is 25.6. The van der Waals surface area contributed by atoms with Crippen LogP contribution in [0.1, 0.15) is 30.8 Å². The number of rotatable bonds is 4. The van der Waals surface area contributed by atoms with Crippen LogP contribution in [0.3, 0.4) is 0 Å². The van der Waals surface area contributed by atoms with Gasteiger partial charge in [0, 0.05) is 19.0 Å². The van der Waals surface area contributed by atoms with E-state index in [1.165, 1.54) is 0 Å². The summed E-state index contributed by atoms with van der Waals surface area (Å²) in [6.45, 7) is 2.88. The molecule has 0 spiro atoms. The van der Waals surface area contributed by atoms with E-state index in [0.29, 0.717) is 25.6 Å². The fourth-order valence-corrected chi connectivity index (χ4v) is 2.53. The molecule has 1 saturated carbocycles. The predicted octanol–water partition coefficient (Wildman–Crippen LogP) is 1.22. The van der Waals surface area contributed by atoms with Gasteiger partial charge in [-0.05, 0) is 31.9 Å². The van der Waals surface area contributed by atoms with Crippen LogP contribution in [-0.4, -0.2) is 29.3 Å². The van der Waals surface area contributed by atoms with Crippen molar-refractivity contribution in [2.45, 2.75) is 38.8 Å². The molecule has 5 nitrogen and oxygen atoms in total. The summed E-state index contributed by atoms with van der Waals surface area (Å²) in [7, 11) is 0. The fourth-order valence-electron chi connectivity index (χ4n) is 2.53. The van der Waals surface area contributed by atoms with Crippen LogP contribution >= 0.6 is 0 Å². The summed E-state index contributed by atoms with van der Waals surface area (Å²) in [6, 6.07) is 4.15. The normalized spacial score (nSPS) is 22.4. The maximum absolute atomic E-state index is 12.5. The molecule has 1 aliphatic heterocycles. The van der Waals surface area contributed by atoms with Crippen LogP contribution in [0.25, 0.3) is 0 Å². The number of amides is 2. The van der Waals surface area contributed by atoms with E-state index in [2.05, 4.69) is 5.32 Å². The fraction of sp³-hybridized carbons (Fsp3) is 0.571. The highest BCUT2D eigenvalue weighted by Gasteiger charge is 2.38. The second kappa shape index (κ2) is 4.72. The summed E-state index contributed by atoms with van der Waals surface area (Å²) in [5.41, 5.74) is 0. The van der Waals surface area contributed by atoms with Crippen LogP contribution in [0.2, 0.25) is 0 Å². The maximum atomic E-state index is 12.5. The van der Waals surface area contributed by atoms with Gasteiger partial charge in [0.1, 0.15) is 11.5 Å². The molecular weight excluding hydrogens is 244 g/mol. The van der Waals surface area contributed by atoms with Crippen molar-refractivity contribution in [3.8, 4) is 0 Å². The summed E-state index contributed by atoms with van der Waals surface area (Å²) < 4.78 is 5.55. The first-order chi connectivity index (χ1) is 9.13. The van der Waals surface area contributed by atoms with Gasteiger partial charge >= 0.3 is 0 Å². The quantitative estimate of drug-likeness (QED) is 0.887. The Balaban J connectivity index is 1.70. The van der Waals surface area contributed by atoms with Gasteiger partial charge in [0.15, 0.2) is 0 Å². The molecule has 1 atom stereocenters. The third kappa shape index (κ3) is 2.64. The molecule has 1 unspecified atom stereocenters. The first-order valence-corrected chi connectivity index (χ1v) is 6.76. The number of nitrogens with zero attached hydrogens (tertiary/aromatic N) is 1. The molecule has 2 amide bonds. The molecular formula is C14H18N2O3. The molecule has 5 heteroatoms. The predicted molar refractivity (Wildman–Crippen MR) is 68.1 cm³/mol. The number of nitrogens with one attached hydrogen (secondary N) is 1. The molecule has 0 radical (unpaired) electrons. The van der Waals surface area contributed by atoms with Crippen molar-refractivity contribution < 1.29 is 14.0 Å². The molecule has 0 aromatic carbocycles. The maximum Gasteiger partial charge on any atom is 0.228 e. The molecule has 102 valence electrons. The lowest BCUT2D eigenvalue weighted by Crippen LogP contribution is -2.38. The SMILES string of the molecule is Cc1ccc(CN(C(=O)C2CNC(=O)C2)C2CC2)o1. The van der Waals surface area contributed by atoms with E-state index < -0.39 is 0 Å². The molecule has 1 saturated heterocycles. The smallest absolute Gasteiger partial charge is 0.228 e. The van der Waals surface area contributed by atoms with Gasteiger partial charge in [-0.2, -0.15) is 0 Å². The van der Waals surface area contributed by atoms with Crippen molar-refractivity contribution >= 4 is 11.8 Å². The molecule has 1 N–H and O–H groups in total. The lowest BCUT2D eigenvalue weighted by atomic mass is 10.1. The van der Waals surface area contributed by atoms with Crippen molar-refractivity contribution in [2.24, 2.45) is 5.92 Å². The largest absolute Gasteiger partial charge is 0.464 e. The zero-order valence-electron chi connectivity index (χ0n) is 11.0. The van der Waals surface area contributed by atoms with Crippen LogP contribution in [0.5, 0.6) is 0 Å². The molecule has 1 aromatic rings. The lowest BCUT2D eigenvalue weighted by molar-refractivity contribution is -0.137. The van der Waals surface area contributed by atoms with E-state index >= 15 is 0 Å². The third-order valence-corrected chi connectivity index (χ3v) is 3.72. The van der Waals surface area contributed by atoms with Crippen LogP contribution < -0.4 is 5.32 Å². The van der Waals surface area contributed by atoms with E-state index in [1.54, 1.807) is 0 Å². The lowest BCUT2D eigenvalue weighted by Gasteiger charge is -2.24. The second-order valence-electron chi connectivity index (χ2n) is 5.41. The summed E-state index contributed by atoms with van der Waals surface area (Å²) in [5.74, 6) is 1.52. The number of carbonyl (C=O) groups excluding carboxylic acids is 2. The Morgan fingerprint density at radius 1 is 1.47 bits per heavy atom. The Labute approximate surface area is 111 Å². The van der Waals surface area contributed by atoms with E-state index in [-0.39, 0.29) is 17.7 Å². The first kappa shape index (κ1) is 12.3. The van der Waals surface area contributed by atoms with Gasteiger partial charge < -0.3 is 14.6 Å². The van der Waals surface area contributed by atoms with Gasteiger partial charge in [-0.15, -0.1) is 0 Å². The Hall–Kier alpha value is -1.78. The number of aryl methyl sites for hydroxylation is 1. The topological polar surface area (TPSA) is 62.6 Å². The van der Waals surface area contributed by atoms with Crippen LogP contribution in [0.4, 0.5) is 0 Å². The van der Waals surface area contributed by atoms with Crippen LogP contribution in [0.15, 0.2) is 16.5 Å². The first-order valence-electron chi connectivity index (χ1n) is 6.76. The zero-order chi connectivity index (χ0) is 13.4. The number of hydrogen-bond acceptors (Lipinski definition) is 3. The summed E-state index contributed by atoms with van der Waals surface area (Å²) in [5, 5.41) is 2.72. The molecule has 1 aromatic heterocycles. The summed E-state index contributed by atoms with van der Waals surface area (Å²) >= 11 is 0. The highest BCUT2D eigenvalue weighted by molar-refractivity contribution is 5.89. The van der Waals surface area contributed by atoms with Gasteiger partial charge in [-0.25, -0.2) is 0 Å². The van der Waals surface area contributed by atoms with E-state index in [4.69, 9.17) is 4.42 Å². The Morgan fingerprint density at radius 3 is 2.79 bits per heavy atom. The minimum absolute atomic E-state index is 0.0251. The van der Waals surface area contributed by atoms with Gasteiger partial charge in [-0.1, -0.05) is 0 Å². The molecule has 2 aliphatic rings. The zero-order valence-corrected chi connectivity index (χ0v) is 11.0. The second-order valence-corrected chi connectivity index (χ2v) is 5.41. The third-order valence-electron chi connectivity index (χ3n) is 3.72. The standard InChI is InChI=1S/C14H18N2O3/c1-9-2-5-12(19-9)8-16(11-3-4-11)14(18)10-6-13(17)15-7-10/h2,5,10-11H,3-4,6-8H2,1H3,(H,15,17). The molecule has 1 aliphatic carbocycles. The van der Waals surface area contributed by atoms with Gasteiger partial charge in [0.05, 0.1) is 12.5 Å². The Morgan fingerprint density at radius 2 is 2.26 bits per heavy atom. The van der Waals surface area contributed by atoms with Crippen molar-refractivity contribution in [3.63, 3.8) is 0 Å². The average Bonchev–Trinajstić information content (AvgIpc) is 3.00. The Kier molecular flexibility index (Phi) is 3.05. The minimum Gasteiger partial charge on any atom is -0.464 e. The molecule has 19 heavy (non-hydrogen) atoms. The monoisotopic (exact) mass is 262 g/mol. The number of furan rings is 1. The van der Waals surface area contributed by atoms with Crippen LogP contribution in [0, 0.1) is 12.8 Å². The van der Waals surface area contributed by atoms with Crippen molar-refractivity contribution in [2.75, 3.05) is 6.54 Å². The molecule has 0 bridgehead atoms. The van der Waals surface area contributed by atoms with E-state index in [1.807, 2.05) is 24.0 Å². The van der Waals surface area contributed by atoms with Crippen molar-refractivity contribution in [1.82, 2.24) is 10.2 Å². The van der Waals surface area contributed by atoms with Gasteiger partial charge in [0.25, 0.3) is 0 Å². The van der Waals surface area contributed by atoms with Crippen LogP contribution in [-0.2, 0) is 16.1 Å². The van der Waals surface area contributed by atoms with E-state index in [9.17, 15) is 9.59 Å². The highest BCUT2D eigenvalue weighted by atomic mass is 16.3. The number of carbonyl (C=O) groups is 2. The number of hydrogen-bond donors (Lipinski definition) is 1. The van der Waals surface area contributed by atoms with Gasteiger partial charge in [-0.3, -0.25) is 9.59 Å². The van der Waals surface area contributed by atoms with Crippen molar-refractivity contribution in [1.29, 1.82) is 0 Å². The highest BCUT2D eigenvalue weighted by Crippen LogP contribution is 2.31. The van der Waals surface area contributed by atoms with Crippen molar-refractivity contribution in [3.05, 3.63) is 23.7 Å². The average molecular weight is 262 g/mol. The van der Waals surface area contributed by atoms with E-state index in [0.717, 1.165) is 24.4 Å². The molecule has 2 fully saturated rings. The minimum atomic E-state index is -0.204. The molecule has 2 heterocycles.